The van der Waals surface area contributed by atoms with Crippen LogP contribution in [0.15, 0.2) is 57.7 Å². The summed E-state index contributed by atoms with van der Waals surface area (Å²) in [6, 6.07) is 14.3. The molecule has 0 N–H and O–H groups in total. The first-order chi connectivity index (χ1) is 10.6. The number of benzene rings is 2. The Hall–Kier alpha value is -2.88. The standard InChI is InChI=1S/C18H14O4/c1-11-4-3-5-12(8-11)15-10-17(19)22-16-9-13(18(20)21-2)6-7-14(15)16/h3-10H,1-2H3. The third-order valence-electron chi connectivity index (χ3n) is 3.49. The van der Waals surface area contributed by atoms with E-state index < -0.39 is 11.6 Å². The van der Waals surface area contributed by atoms with Crippen molar-refractivity contribution < 1.29 is 13.9 Å². The summed E-state index contributed by atoms with van der Waals surface area (Å²) >= 11 is 0. The minimum absolute atomic E-state index is 0.347. The van der Waals surface area contributed by atoms with Gasteiger partial charge >= 0.3 is 11.6 Å². The van der Waals surface area contributed by atoms with Crippen LogP contribution in [-0.4, -0.2) is 13.1 Å². The molecule has 0 radical (unpaired) electrons. The molecule has 0 atom stereocenters. The zero-order chi connectivity index (χ0) is 15.7. The molecule has 0 aliphatic carbocycles. The summed E-state index contributed by atoms with van der Waals surface area (Å²) in [6.07, 6.45) is 0. The van der Waals surface area contributed by atoms with E-state index >= 15 is 0 Å². The van der Waals surface area contributed by atoms with Crippen molar-refractivity contribution in [1.82, 2.24) is 0 Å². The first-order valence-corrected chi connectivity index (χ1v) is 6.82. The zero-order valence-electron chi connectivity index (χ0n) is 12.3. The molecule has 2 aromatic carbocycles. The molecule has 110 valence electrons. The third-order valence-corrected chi connectivity index (χ3v) is 3.49. The Balaban J connectivity index is 2.27. The first kappa shape index (κ1) is 14.1. The van der Waals surface area contributed by atoms with Crippen molar-refractivity contribution >= 4 is 16.9 Å². The van der Waals surface area contributed by atoms with Crippen LogP contribution in [0.2, 0.25) is 0 Å². The molecule has 3 aromatic rings. The van der Waals surface area contributed by atoms with Crippen molar-refractivity contribution in [3.05, 3.63) is 70.1 Å². The number of aryl methyl sites for hydroxylation is 1. The number of carbonyl (C=O) groups excluding carboxylic acids is 1. The molecule has 0 unspecified atom stereocenters. The molecule has 0 bridgehead atoms. The second-order valence-corrected chi connectivity index (χ2v) is 5.05. The van der Waals surface area contributed by atoms with Crippen LogP contribution in [0.4, 0.5) is 0 Å². The van der Waals surface area contributed by atoms with E-state index in [0.29, 0.717) is 11.1 Å². The van der Waals surface area contributed by atoms with Gasteiger partial charge in [-0.05, 0) is 36.2 Å². The highest BCUT2D eigenvalue weighted by molar-refractivity contribution is 5.98. The Kier molecular flexibility index (Phi) is 3.51. The minimum Gasteiger partial charge on any atom is -0.465 e. The number of fused-ring (bicyclic) bond motifs is 1. The van der Waals surface area contributed by atoms with Gasteiger partial charge in [-0.1, -0.05) is 29.8 Å². The second kappa shape index (κ2) is 5.48. The average molecular weight is 294 g/mol. The van der Waals surface area contributed by atoms with Gasteiger partial charge in [0.05, 0.1) is 12.7 Å². The van der Waals surface area contributed by atoms with Crippen LogP contribution >= 0.6 is 0 Å². The smallest absolute Gasteiger partial charge is 0.337 e. The zero-order valence-corrected chi connectivity index (χ0v) is 12.3. The quantitative estimate of drug-likeness (QED) is 0.535. The van der Waals surface area contributed by atoms with Gasteiger partial charge in [-0.2, -0.15) is 0 Å². The molecule has 3 rings (SSSR count). The fraction of sp³-hybridized carbons (Fsp3) is 0.111. The lowest BCUT2D eigenvalue weighted by Crippen LogP contribution is -2.03. The molecule has 0 aliphatic heterocycles. The molecule has 0 fully saturated rings. The van der Waals surface area contributed by atoms with Crippen LogP contribution in [0.25, 0.3) is 22.1 Å². The second-order valence-electron chi connectivity index (χ2n) is 5.05. The number of hydrogen-bond donors (Lipinski definition) is 0. The molecule has 0 saturated carbocycles. The molecule has 0 saturated heterocycles. The highest BCUT2D eigenvalue weighted by Gasteiger charge is 2.12. The van der Waals surface area contributed by atoms with Crippen molar-refractivity contribution in [2.24, 2.45) is 0 Å². The van der Waals surface area contributed by atoms with E-state index in [4.69, 9.17) is 4.42 Å². The van der Waals surface area contributed by atoms with E-state index in [2.05, 4.69) is 4.74 Å². The van der Waals surface area contributed by atoms with Gasteiger partial charge in [0.2, 0.25) is 0 Å². The van der Waals surface area contributed by atoms with E-state index in [9.17, 15) is 9.59 Å². The largest absolute Gasteiger partial charge is 0.465 e. The van der Waals surface area contributed by atoms with Crippen LogP contribution in [0.5, 0.6) is 0 Å². The molecule has 22 heavy (non-hydrogen) atoms. The maximum absolute atomic E-state index is 11.8. The van der Waals surface area contributed by atoms with E-state index in [1.54, 1.807) is 12.1 Å². The topological polar surface area (TPSA) is 56.5 Å². The number of ether oxygens (including phenoxy) is 1. The molecule has 0 spiro atoms. The molecule has 4 nitrogen and oxygen atoms in total. The summed E-state index contributed by atoms with van der Waals surface area (Å²) in [7, 11) is 1.31. The highest BCUT2D eigenvalue weighted by Crippen LogP contribution is 2.28. The lowest BCUT2D eigenvalue weighted by Gasteiger charge is -2.07. The van der Waals surface area contributed by atoms with Gasteiger partial charge in [0, 0.05) is 11.5 Å². The number of hydrogen-bond acceptors (Lipinski definition) is 4. The number of rotatable bonds is 2. The summed E-state index contributed by atoms with van der Waals surface area (Å²) < 4.78 is 9.91. The van der Waals surface area contributed by atoms with E-state index in [1.165, 1.54) is 19.2 Å². The van der Waals surface area contributed by atoms with Crippen molar-refractivity contribution in [2.45, 2.75) is 6.92 Å². The molecular formula is C18H14O4. The molecule has 1 aromatic heterocycles. The van der Waals surface area contributed by atoms with Crippen molar-refractivity contribution in [2.75, 3.05) is 7.11 Å². The van der Waals surface area contributed by atoms with Crippen molar-refractivity contribution in [3.63, 3.8) is 0 Å². The van der Waals surface area contributed by atoms with E-state index in [1.807, 2.05) is 31.2 Å². The lowest BCUT2D eigenvalue weighted by molar-refractivity contribution is 0.0600. The first-order valence-electron chi connectivity index (χ1n) is 6.82. The van der Waals surface area contributed by atoms with Gasteiger partial charge in [0.15, 0.2) is 0 Å². The van der Waals surface area contributed by atoms with Crippen LogP contribution in [-0.2, 0) is 4.74 Å². The van der Waals surface area contributed by atoms with Crippen LogP contribution in [0.3, 0.4) is 0 Å². The molecule has 1 heterocycles. The summed E-state index contributed by atoms with van der Waals surface area (Å²) in [5.41, 5.74) is 3.08. The number of methoxy groups -OCH3 is 1. The Morgan fingerprint density at radius 3 is 2.64 bits per heavy atom. The number of carbonyl (C=O) groups is 1. The summed E-state index contributed by atoms with van der Waals surface area (Å²) in [5.74, 6) is -0.467. The highest BCUT2D eigenvalue weighted by atomic mass is 16.5. The number of esters is 1. The maximum Gasteiger partial charge on any atom is 0.337 e. The Bertz CT molecular complexity index is 922. The predicted molar refractivity (Wildman–Crippen MR) is 84.0 cm³/mol. The average Bonchev–Trinajstić information content (AvgIpc) is 2.52. The van der Waals surface area contributed by atoms with Gasteiger partial charge in [-0.3, -0.25) is 0 Å². The Labute approximate surface area is 127 Å². The SMILES string of the molecule is COC(=O)c1ccc2c(-c3cccc(C)c3)cc(=O)oc2c1. The van der Waals surface area contributed by atoms with Gasteiger partial charge in [0.1, 0.15) is 5.58 Å². The van der Waals surface area contributed by atoms with Crippen LogP contribution < -0.4 is 5.63 Å². The molecule has 4 heteroatoms. The monoisotopic (exact) mass is 294 g/mol. The lowest BCUT2D eigenvalue weighted by atomic mass is 9.99. The van der Waals surface area contributed by atoms with Crippen molar-refractivity contribution in [1.29, 1.82) is 0 Å². The van der Waals surface area contributed by atoms with Gasteiger partial charge < -0.3 is 9.15 Å². The van der Waals surface area contributed by atoms with Gasteiger partial charge in [-0.15, -0.1) is 0 Å². The van der Waals surface area contributed by atoms with Crippen LogP contribution in [0, 0.1) is 6.92 Å². The molecular weight excluding hydrogens is 280 g/mol. The van der Waals surface area contributed by atoms with Crippen molar-refractivity contribution in [3.8, 4) is 11.1 Å². The normalized spacial score (nSPS) is 10.6. The third kappa shape index (κ3) is 2.51. The Morgan fingerprint density at radius 1 is 1.09 bits per heavy atom. The maximum atomic E-state index is 11.8. The summed E-state index contributed by atoms with van der Waals surface area (Å²) in [4.78, 5) is 23.4. The molecule has 0 aliphatic rings. The van der Waals surface area contributed by atoms with Gasteiger partial charge in [0.25, 0.3) is 0 Å². The summed E-state index contributed by atoms with van der Waals surface area (Å²) in [6.45, 7) is 1.99. The van der Waals surface area contributed by atoms with Crippen LogP contribution in [0.1, 0.15) is 15.9 Å². The fourth-order valence-corrected chi connectivity index (χ4v) is 2.46. The summed E-state index contributed by atoms with van der Waals surface area (Å²) in [5, 5.41) is 0.776. The fourth-order valence-electron chi connectivity index (χ4n) is 2.46. The minimum atomic E-state index is -0.467. The van der Waals surface area contributed by atoms with Gasteiger partial charge in [-0.25, -0.2) is 9.59 Å². The van der Waals surface area contributed by atoms with E-state index in [-0.39, 0.29) is 0 Å². The predicted octanol–water partition coefficient (Wildman–Crippen LogP) is 3.56. The van der Waals surface area contributed by atoms with E-state index in [0.717, 1.165) is 22.1 Å². The Morgan fingerprint density at radius 2 is 1.91 bits per heavy atom. The molecule has 0 amide bonds.